The minimum absolute atomic E-state index is 0.0256. The van der Waals surface area contributed by atoms with E-state index in [9.17, 15) is 4.79 Å². The summed E-state index contributed by atoms with van der Waals surface area (Å²) in [6, 6.07) is 12.2. The van der Waals surface area contributed by atoms with Gasteiger partial charge in [0.2, 0.25) is 0 Å². The molecule has 3 aromatic rings. The van der Waals surface area contributed by atoms with E-state index in [2.05, 4.69) is 23.1 Å². The van der Waals surface area contributed by atoms with Gasteiger partial charge in [-0.25, -0.2) is 4.98 Å². The maximum Gasteiger partial charge on any atom is 0.254 e. The van der Waals surface area contributed by atoms with Crippen LogP contribution in [0.1, 0.15) is 46.3 Å². The highest BCUT2D eigenvalue weighted by atomic mass is 16.5. The molecule has 2 saturated heterocycles. The van der Waals surface area contributed by atoms with Gasteiger partial charge < -0.3 is 28.7 Å². The average Bonchev–Trinajstić information content (AvgIpc) is 3.67. The Labute approximate surface area is 229 Å². The first-order chi connectivity index (χ1) is 19.1. The Morgan fingerprint density at radius 1 is 1.00 bits per heavy atom. The average molecular weight is 532 g/mol. The Balaban J connectivity index is 1.39. The first-order valence-corrected chi connectivity index (χ1v) is 14.0. The van der Waals surface area contributed by atoms with Gasteiger partial charge in [0.15, 0.2) is 11.5 Å². The van der Waals surface area contributed by atoms with Crippen LogP contribution in [0.4, 0.5) is 5.82 Å². The van der Waals surface area contributed by atoms with Gasteiger partial charge in [-0.1, -0.05) is 0 Å². The predicted molar refractivity (Wildman–Crippen MR) is 150 cm³/mol. The number of benzene rings is 2. The molecule has 0 saturated carbocycles. The molecule has 3 aliphatic rings. The summed E-state index contributed by atoms with van der Waals surface area (Å²) >= 11 is 0. The maximum atomic E-state index is 14.0. The second-order valence-electron chi connectivity index (χ2n) is 10.6. The fraction of sp³-hybridized carbons (Fsp3) is 0.484. The molecule has 0 unspecified atom stereocenters. The fourth-order valence-corrected chi connectivity index (χ4v) is 6.06. The van der Waals surface area contributed by atoms with Gasteiger partial charge in [-0.05, 0) is 79.6 Å². The minimum Gasteiger partial charge on any atom is -0.493 e. The number of rotatable bonds is 8. The van der Waals surface area contributed by atoms with Crippen molar-refractivity contribution in [1.82, 2.24) is 9.88 Å². The third-order valence-electron chi connectivity index (χ3n) is 8.12. The lowest BCUT2D eigenvalue weighted by molar-refractivity contribution is 0.0507. The highest BCUT2D eigenvalue weighted by Crippen LogP contribution is 2.33. The van der Waals surface area contributed by atoms with Crippen LogP contribution >= 0.6 is 0 Å². The molecule has 0 bridgehead atoms. The van der Waals surface area contributed by atoms with E-state index < -0.39 is 0 Å². The van der Waals surface area contributed by atoms with Crippen LogP contribution in [0.15, 0.2) is 36.4 Å². The quantitative estimate of drug-likeness (QED) is 0.427. The summed E-state index contributed by atoms with van der Waals surface area (Å²) in [4.78, 5) is 23.5. The highest BCUT2D eigenvalue weighted by Gasteiger charge is 2.27. The number of methoxy groups -OCH3 is 2. The molecule has 1 aromatic heterocycles. The van der Waals surface area contributed by atoms with Crippen LogP contribution < -0.4 is 14.4 Å². The van der Waals surface area contributed by atoms with Crippen LogP contribution in [-0.4, -0.2) is 75.6 Å². The number of nitrogens with zero attached hydrogens (tertiary/aromatic N) is 3. The molecule has 8 nitrogen and oxygen atoms in total. The summed E-state index contributed by atoms with van der Waals surface area (Å²) in [5, 5.41) is 1.14. The van der Waals surface area contributed by atoms with E-state index in [0.29, 0.717) is 43.4 Å². The number of carbonyl (C=O) groups excluding carboxylic acids is 1. The van der Waals surface area contributed by atoms with Crippen molar-refractivity contribution >= 4 is 22.6 Å². The topological polar surface area (TPSA) is 73.4 Å². The number of aromatic nitrogens is 1. The van der Waals surface area contributed by atoms with Crippen molar-refractivity contribution < 1.29 is 23.7 Å². The van der Waals surface area contributed by atoms with Gasteiger partial charge in [0.05, 0.1) is 39.1 Å². The lowest BCUT2D eigenvalue weighted by Gasteiger charge is -2.32. The lowest BCUT2D eigenvalue weighted by atomic mass is 10.0. The van der Waals surface area contributed by atoms with Crippen LogP contribution in [0, 0.1) is 0 Å². The molecule has 1 amide bonds. The standard InChI is InChI=1S/C31H37N3O5/c1-36-28-9-8-23(18-29(28)37-2)31(35)34(20-26-7-4-12-39-26)19-25-16-24-15-21-5-3-6-22(21)17-27(24)32-30(25)33-10-13-38-14-11-33/h8-9,15-18,26H,3-7,10-14,19-20H2,1-2H3/t26-/m0/s1. The summed E-state index contributed by atoms with van der Waals surface area (Å²) in [6.45, 7) is 4.63. The van der Waals surface area contributed by atoms with Crippen LogP contribution in [0.25, 0.3) is 10.9 Å². The lowest BCUT2D eigenvalue weighted by Crippen LogP contribution is -2.40. The monoisotopic (exact) mass is 531 g/mol. The molecule has 1 aliphatic carbocycles. The Morgan fingerprint density at radius 2 is 1.79 bits per heavy atom. The third-order valence-corrected chi connectivity index (χ3v) is 8.12. The number of amides is 1. The number of morpholine rings is 1. The molecule has 6 rings (SSSR count). The van der Waals surface area contributed by atoms with E-state index in [-0.39, 0.29) is 12.0 Å². The number of aryl methyl sites for hydroxylation is 2. The van der Waals surface area contributed by atoms with Gasteiger partial charge in [-0.15, -0.1) is 0 Å². The number of ether oxygens (including phenoxy) is 4. The molecule has 2 aliphatic heterocycles. The second kappa shape index (κ2) is 11.4. The Morgan fingerprint density at radius 3 is 2.54 bits per heavy atom. The molecule has 3 heterocycles. The molecular weight excluding hydrogens is 494 g/mol. The smallest absolute Gasteiger partial charge is 0.254 e. The minimum atomic E-state index is -0.0616. The predicted octanol–water partition coefficient (Wildman–Crippen LogP) is 4.40. The van der Waals surface area contributed by atoms with Crippen LogP contribution in [0.3, 0.4) is 0 Å². The van der Waals surface area contributed by atoms with E-state index >= 15 is 0 Å². The molecule has 39 heavy (non-hydrogen) atoms. The van der Waals surface area contributed by atoms with Crippen molar-refractivity contribution in [2.24, 2.45) is 0 Å². The molecule has 0 spiro atoms. The number of carbonyl (C=O) groups is 1. The number of hydrogen-bond donors (Lipinski definition) is 0. The zero-order valence-electron chi connectivity index (χ0n) is 22.9. The summed E-state index contributed by atoms with van der Waals surface area (Å²) in [7, 11) is 3.18. The van der Waals surface area contributed by atoms with E-state index in [1.807, 2.05) is 4.90 Å². The van der Waals surface area contributed by atoms with E-state index in [1.54, 1.807) is 32.4 Å². The van der Waals surface area contributed by atoms with Gasteiger partial charge in [0.25, 0.3) is 5.91 Å². The summed E-state index contributed by atoms with van der Waals surface area (Å²) < 4.78 is 22.5. The van der Waals surface area contributed by atoms with Crippen LogP contribution in [-0.2, 0) is 28.9 Å². The largest absolute Gasteiger partial charge is 0.493 e. The first kappa shape index (κ1) is 25.9. The SMILES string of the molecule is COc1ccc(C(=O)N(Cc2cc3cc4c(cc3nc2N2CCOCC2)CCC4)C[C@@H]2CCCO2)cc1OC. The van der Waals surface area contributed by atoms with Gasteiger partial charge in [-0.3, -0.25) is 4.79 Å². The Bertz CT molecular complexity index is 1350. The normalized spacial score (nSPS) is 18.8. The van der Waals surface area contributed by atoms with Crippen LogP contribution in [0.5, 0.6) is 11.5 Å². The molecule has 206 valence electrons. The van der Waals surface area contributed by atoms with E-state index in [1.165, 1.54) is 17.5 Å². The summed E-state index contributed by atoms with van der Waals surface area (Å²) in [5.74, 6) is 2.02. The van der Waals surface area contributed by atoms with Gasteiger partial charge in [0, 0.05) is 49.3 Å². The molecular formula is C31H37N3O5. The van der Waals surface area contributed by atoms with Crippen molar-refractivity contribution in [1.29, 1.82) is 0 Å². The van der Waals surface area contributed by atoms with Crippen LogP contribution in [0.2, 0.25) is 0 Å². The first-order valence-electron chi connectivity index (χ1n) is 14.0. The summed E-state index contributed by atoms with van der Waals surface area (Å²) in [5.41, 5.74) is 5.48. The second-order valence-corrected chi connectivity index (χ2v) is 10.6. The maximum absolute atomic E-state index is 14.0. The zero-order chi connectivity index (χ0) is 26.8. The number of fused-ring (bicyclic) bond motifs is 2. The van der Waals surface area contributed by atoms with Crippen molar-refractivity contribution in [2.45, 2.75) is 44.8 Å². The zero-order valence-corrected chi connectivity index (χ0v) is 22.9. The van der Waals surface area contributed by atoms with Crippen molar-refractivity contribution in [3.05, 3.63) is 58.7 Å². The highest BCUT2D eigenvalue weighted by molar-refractivity contribution is 5.95. The van der Waals surface area contributed by atoms with Crippen molar-refractivity contribution in [3.63, 3.8) is 0 Å². The molecule has 1 atom stereocenters. The molecule has 2 fully saturated rings. The summed E-state index contributed by atoms with van der Waals surface area (Å²) in [6.07, 6.45) is 5.44. The van der Waals surface area contributed by atoms with Crippen molar-refractivity contribution in [3.8, 4) is 11.5 Å². The molecule has 0 N–H and O–H groups in total. The third kappa shape index (κ3) is 5.40. The van der Waals surface area contributed by atoms with E-state index in [4.69, 9.17) is 23.9 Å². The Hall–Kier alpha value is -3.36. The van der Waals surface area contributed by atoms with Crippen molar-refractivity contribution in [2.75, 3.05) is 58.6 Å². The Kier molecular flexibility index (Phi) is 7.57. The number of anilines is 1. The van der Waals surface area contributed by atoms with E-state index in [0.717, 1.165) is 67.7 Å². The van der Waals surface area contributed by atoms with Gasteiger partial charge in [-0.2, -0.15) is 0 Å². The van der Waals surface area contributed by atoms with Gasteiger partial charge in [0.1, 0.15) is 5.82 Å². The fourth-order valence-electron chi connectivity index (χ4n) is 6.06. The van der Waals surface area contributed by atoms with Gasteiger partial charge >= 0.3 is 0 Å². The molecule has 0 radical (unpaired) electrons. The molecule has 2 aromatic carbocycles. The molecule has 8 heteroatoms. The number of pyridine rings is 1. The number of hydrogen-bond acceptors (Lipinski definition) is 7.